The molecule has 0 spiro atoms. The van der Waals surface area contributed by atoms with Crippen molar-refractivity contribution in [3.05, 3.63) is 126 Å². The van der Waals surface area contributed by atoms with Gasteiger partial charge in [0, 0.05) is 11.1 Å². The Kier molecular flexibility index (Phi) is 6.62. The molecule has 4 aromatic carbocycles. The van der Waals surface area contributed by atoms with Crippen molar-refractivity contribution >= 4 is 11.9 Å². The van der Waals surface area contributed by atoms with E-state index in [1.165, 1.54) is 0 Å². The van der Waals surface area contributed by atoms with E-state index in [0.29, 0.717) is 34.2 Å². The van der Waals surface area contributed by atoms with Crippen molar-refractivity contribution in [3.8, 4) is 28.7 Å². The molecule has 5 aromatic rings. The van der Waals surface area contributed by atoms with Crippen LogP contribution in [0.2, 0.25) is 0 Å². The molecule has 0 amide bonds. The zero-order valence-electron chi connectivity index (χ0n) is 19.0. The second kappa shape index (κ2) is 10.5. The van der Waals surface area contributed by atoms with E-state index in [4.69, 9.17) is 13.9 Å². The Bertz CT molecular complexity index is 1460. The maximum atomic E-state index is 12.5. The van der Waals surface area contributed by atoms with Crippen LogP contribution in [0.3, 0.4) is 0 Å². The largest absolute Gasteiger partial charge is 0.457 e. The first-order chi connectivity index (χ1) is 17.7. The van der Waals surface area contributed by atoms with Crippen LogP contribution < -0.4 is 4.74 Å². The highest BCUT2D eigenvalue weighted by atomic mass is 16.5. The van der Waals surface area contributed by atoms with Gasteiger partial charge >= 0.3 is 11.9 Å². The molecule has 7 heteroatoms. The number of rotatable bonds is 7. The Labute approximate surface area is 207 Å². The molecule has 0 aliphatic heterocycles. The molecule has 0 aliphatic rings. The summed E-state index contributed by atoms with van der Waals surface area (Å²) in [4.78, 5) is 24.7. The molecule has 1 aromatic heterocycles. The van der Waals surface area contributed by atoms with E-state index in [1.807, 2.05) is 36.4 Å². The number of hydrogen-bond acceptors (Lipinski definition) is 7. The molecule has 0 aliphatic carbocycles. The number of aromatic nitrogens is 2. The molecule has 1 heterocycles. The molecule has 0 radical (unpaired) electrons. The van der Waals surface area contributed by atoms with Crippen LogP contribution in [0, 0.1) is 0 Å². The smallest absolute Gasteiger partial charge is 0.343 e. The van der Waals surface area contributed by atoms with Crippen molar-refractivity contribution in [3.63, 3.8) is 0 Å². The fourth-order valence-corrected chi connectivity index (χ4v) is 3.41. The molecule has 0 saturated carbocycles. The second-order valence-electron chi connectivity index (χ2n) is 7.83. The third-order valence-corrected chi connectivity index (χ3v) is 5.33. The molecule has 0 saturated heterocycles. The first kappa shape index (κ1) is 22.7. The number of para-hydroxylation sites is 1. The first-order valence-electron chi connectivity index (χ1n) is 11.2. The number of carbonyl (C=O) groups excluding carboxylic acids is 2. The van der Waals surface area contributed by atoms with Gasteiger partial charge in [-0.15, -0.1) is 10.2 Å². The van der Waals surface area contributed by atoms with Gasteiger partial charge in [0.1, 0.15) is 12.4 Å². The average molecular weight is 476 g/mol. The topological polar surface area (TPSA) is 91.5 Å². The maximum absolute atomic E-state index is 12.5. The average Bonchev–Trinajstić information content (AvgIpc) is 3.44. The van der Waals surface area contributed by atoms with Crippen molar-refractivity contribution in [1.29, 1.82) is 0 Å². The number of nitrogens with zero attached hydrogens (tertiary/aromatic N) is 2. The van der Waals surface area contributed by atoms with Gasteiger partial charge in [0.2, 0.25) is 11.8 Å². The lowest BCUT2D eigenvalue weighted by molar-refractivity contribution is 0.0472. The summed E-state index contributed by atoms with van der Waals surface area (Å²) in [6.45, 7) is 0.0681. The Balaban J connectivity index is 1.16. The molecule has 0 N–H and O–H groups in total. The van der Waals surface area contributed by atoms with Crippen molar-refractivity contribution in [2.75, 3.05) is 0 Å². The zero-order valence-corrected chi connectivity index (χ0v) is 19.0. The van der Waals surface area contributed by atoms with Crippen molar-refractivity contribution in [2.24, 2.45) is 0 Å². The summed E-state index contributed by atoms with van der Waals surface area (Å²) in [6.07, 6.45) is 0. The maximum Gasteiger partial charge on any atom is 0.343 e. The summed E-state index contributed by atoms with van der Waals surface area (Å²) < 4.78 is 16.5. The van der Waals surface area contributed by atoms with Gasteiger partial charge in [-0.2, -0.15) is 0 Å². The normalized spacial score (nSPS) is 10.6. The van der Waals surface area contributed by atoms with Crippen molar-refractivity contribution in [2.45, 2.75) is 6.61 Å². The molecule has 36 heavy (non-hydrogen) atoms. The van der Waals surface area contributed by atoms with E-state index in [1.54, 1.807) is 72.8 Å². The van der Waals surface area contributed by atoms with Gasteiger partial charge in [-0.25, -0.2) is 9.59 Å². The highest BCUT2D eigenvalue weighted by Gasteiger charge is 2.13. The van der Waals surface area contributed by atoms with E-state index < -0.39 is 11.9 Å². The van der Waals surface area contributed by atoms with Crippen LogP contribution in [0.4, 0.5) is 0 Å². The molecule has 0 unspecified atom stereocenters. The van der Waals surface area contributed by atoms with Crippen LogP contribution in [0.1, 0.15) is 26.3 Å². The summed E-state index contributed by atoms with van der Waals surface area (Å²) in [5.74, 6) is 0.335. The number of carbonyl (C=O) groups is 2. The summed E-state index contributed by atoms with van der Waals surface area (Å²) in [5, 5.41) is 8.17. The fraction of sp³-hybridized carbons (Fsp3) is 0.0345. The van der Waals surface area contributed by atoms with Crippen LogP contribution in [-0.2, 0) is 11.3 Å². The van der Waals surface area contributed by atoms with Crippen LogP contribution in [0.5, 0.6) is 5.75 Å². The Morgan fingerprint density at radius 3 is 1.78 bits per heavy atom. The third-order valence-electron chi connectivity index (χ3n) is 5.33. The second-order valence-corrected chi connectivity index (χ2v) is 7.83. The molecule has 5 rings (SSSR count). The van der Waals surface area contributed by atoms with Gasteiger partial charge in [0.05, 0.1) is 11.1 Å². The van der Waals surface area contributed by atoms with Gasteiger partial charge in [-0.05, 0) is 66.2 Å². The summed E-state index contributed by atoms with van der Waals surface area (Å²) in [6, 6.07) is 31.8. The number of benzene rings is 4. The quantitative estimate of drug-likeness (QED) is 0.211. The third kappa shape index (κ3) is 5.37. The molecule has 0 bridgehead atoms. The van der Waals surface area contributed by atoms with Crippen LogP contribution in [0.15, 0.2) is 114 Å². The summed E-state index contributed by atoms with van der Waals surface area (Å²) >= 11 is 0. The number of ether oxygens (including phenoxy) is 2. The SMILES string of the molecule is O=C(OCc1ccc(C(=O)Oc2ccccc2)cc1)c1ccc(-c2nnc(-c3ccccc3)o2)cc1. The minimum absolute atomic E-state index is 0.0681. The zero-order chi connectivity index (χ0) is 24.7. The van der Waals surface area contributed by atoms with Gasteiger partial charge in [-0.3, -0.25) is 0 Å². The lowest BCUT2D eigenvalue weighted by atomic mass is 10.1. The van der Waals surface area contributed by atoms with Gasteiger partial charge in [-0.1, -0.05) is 48.5 Å². The fourth-order valence-electron chi connectivity index (χ4n) is 3.41. The van der Waals surface area contributed by atoms with Gasteiger partial charge < -0.3 is 13.9 Å². The lowest BCUT2D eigenvalue weighted by Crippen LogP contribution is -2.09. The molecular weight excluding hydrogens is 456 g/mol. The molecule has 0 fully saturated rings. The van der Waals surface area contributed by atoms with E-state index in [-0.39, 0.29) is 6.61 Å². The van der Waals surface area contributed by atoms with Gasteiger partial charge in [0.15, 0.2) is 0 Å². The van der Waals surface area contributed by atoms with Crippen molar-refractivity contribution < 1.29 is 23.5 Å². The predicted molar refractivity (Wildman–Crippen MR) is 132 cm³/mol. The van der Waals surface area contributed by atoms with E-state index >= 15 is 0 Å². The van der Waals surface area contributed by atoms with Crippen LogP contribution in [0.25, 0.3) is 22.9 Å². The van der Waals surface area contributed by atoms with Gasteiger partial charge in [0.25, 0.3) is 0 Å². The first-order valence-corrected chi connectivity index (χ1v) is 11.2. The summed E-state index contributed by atoms with van der Waals surface area (Å²) in [7, 11) is 0. The number of esters is 2. The Morgan fingerprint density at radius 1 is 0.611 bits per heavy atom. The molecular formula is C29H20N2O5. The van der Waals surface area contributed by atoms with E-state index in [9.17, 15) is 9.59 Å². The number of hydrogen-bond donors (Lipinski definition) is 0. The van der Waals surface area contributed by atoms with Crippen LogP contribution >= 0.6 is 0 Å². The molecule has 7 nitrogen and oxygen atoms in total. The summed E-state index contributed by atoms with van der Waals surface area (Å²) in [5.41, 5.74) is 3.07. The highest BCUT2D eigenvalue weighted by molar-refractivity contribution is 5.91. The molecule has 0 atom stereocenters. The molecule has 176 valence electrons. The van der Waals surface area contributed by atoms with Crippen LogP contribution in [-0.4, -0.2) is 22.1 Å². The predicted octanol–water partition coefficient (Wildman–Crippen LogP) is 5.98. The lowest BCUT2D eigenvalue weighted by Gasteiger charge is -2.07. The van der Waals surface area contributed by atoms with E-state index in [2.05, 4.69) is 10.2 Å². The Morgan fingerprint density at radius 2 is 1.14 bits per heavy atom. The van der Waals surface area contributed by atoms with Crippen molar-refractivity contribution in [1.82, 2.24) is 10.2 Å². The minimum atomic E-state index is -0.468. The standard InChI is InChI=1S/C29H20N2O5/c32-28(34-19-20-11-13-24(14-12-20)29(33)35-25-9-5-2-6-10-25)23-17-15-22(16-18-23)27-31-30-26(36-27)21-7-3-1-4-8-21/h1-18H,19H2. The highest BCUT2D eigenvalue weighted by Crippen LogP contribution is 2.24. The monoisotopic (exact) mass is 476 g/mol. The van der Waals surface area contributed by atoms with E-state index in [0.717, 1.165) is 11.1 Å². The minimum Gasteiger partial charge on any atom is -0.457 e. The Hall–Kier alpha value is -5.04.